The number of rotatable bonds is 10. The second-order valence-electron chi connectivity index (χ2n) is 4.06. The first-order valence-corrected chi connectivity index (χ1v) is 9.59. The maximum atomic E-state index is 11.5. The van der Waals surface area contributed by atoms with Crippen LogP contribution in [-0.2, 0) is 23.4 Å². The molecule has 0 saturated carbocycles. The summed E-state index contributed by atoms with van der Waals surface area (Å²) in [5.41, 5.74) is 0. The van der Waals surface area contributed by atoms with E-state index in [1.165, 1.54) is 7.11 Å². The first-order valence-electron chi connectivity index (χ1n) is 5.76. The van der Waals surface area contributed by atoms with Crippen LogP contribution >= 0.6 is 7.37 Å². The molecule has 0 aromatic carbocycles. The van der Waals surface area contributed by atoms with Crippen LogP contribution in [0, 0.1) is 12.3 Å². The molecule has 1 atom stereocenters. The Hall–Kier alpha value is -0.340. The second-order valence-corrected chi connectivity index (χ2v) is 8.66. The summed E-state index contributed by atoms with van der Waals surface area (Å²) in [5, 5.41) is 0. The van der Waals surface area contributed by atoms with Crippen molar-refractivity contribution >= 4 is 17.5 Å². The molecule has 0 fully saturated rings. The zero-order valence-electron chi connectivity index (χ0n) is 10.9. The van der Waals surface area contributed by atoms with Crippen molar-refractivity contribution in [2.75, 3.05) is 32.3 Å². The first-order chi connectivity index (χ1) is 8.33. The Balaban J connectivity index is 3.64. The minimum Gasteiger partial charge on any atom is -0.332 e. The van der Waals surface area contributed by atoms with Gasteiger partial charge in [-0.3, -0.25) is 8.75 Å². The lowest BCUT2D eigenvalue weighted by atomic mass is 10.2. The molecule has 7 heteroatoms. The number of terminal acetylenes is 1. The summed E-state index contributed by atoms with van der Waals surface area (Å²) >= 11 is 0. The van der Waals surface area contributed by atoms with Gasteiger partial charge in [-0.1, -0.05) is 18.8 Å². The molecule has 0 heterocycles. The summed E-state index contributed by atoms with van der Waals surface area (Å²) in [7, 11) is -4.48. The Labute approximate surface area is 110 Å². The lowest BCUT2D eigenvalue weighted by Crippen LogP contribution is -2.10. The normalized spacial score (nSPS) is 14.9. The van der Waals surface area contributed by atoms with Gasteiger partial charge in [0.2, 0.25) is 0 Å². The van der Waals surface area contributed by atoms with Crippen molar-refractivity contribution in [3.05, 3.63) is 0 Å². The van der Waals surface area contributed by atoms with Gasteiger partial charge in [0.15, 0.2) is 7.37 Å². The van der Waals surface area contributed by atoms with Gasteiger partial charge in [-0.25, -0.2) is 0 Å². The van der Waals surface area contributed by atoms with E-state index in [0.29, 0.717) is 12.6 Å². The van der Waals surface area contributed by atoms with Gasteiger partial charge in [0.05, 0.1) is 5.75 Å². The summed E-state index contributed by atoms with van der Waals surface area (Å²) in [6, 6.07) is 0. The van der Waals surface area contributed by atoms with Crippen LogP contribution in [0.25, 0.3) is 0 Å². The third-order valence-electron chi connectivity index (χ3n) is 2.42. The lowest BCUT2D eigenvalue weighted by molar-refractivity contribution is 0.362. The molecule has 106 valence electrons. The van der Waals surface area contributed by atoms with Crippen LogP contribution in [0.4, 0.5) is 0 Å². The summed E-state index contributed by atoms with van der Waals surface area (Å²) in [5.74, 6) is 2.09. The van der Waals surface area contributed by atoms with Gasteiger partial charge in [-0.05, 0) is 12.8 Å². The Kier molecular flexibility index (Phi) is 8.54. The fraction of sp³-hybridized carbons (Fsp3) is 0.818. The van der Waals surface area contributed by atoms with Gasteiger partial charge < -0.3 is 4.52 Å². The van der Waals surface area contributed by atoms with Crippen molar-refractivity contribution in [1.29, 1.82) is 0 Å². The molecule has 0 rings (SSSR count). The van der Waals surface area contributed by atoms with Gasteiger partial charge >= 0.3 is 0 Å². The van der Waals surface area contributed by atoms with E-state index in [4.69, 9.17) is 10.9 Å². The van der Waals surface area contributed by atoms with Gasteiger partial charge in [0.1, 0.15) is 6.61 Å². The molecule has 0 aliphatic heterocycles. The summed E-state index contributed by atoms with van der Waals surface area (Å²) < 4.78 is 43.4. The number of unbranched alkanes of at least 4 members (excludes halogenated alkanes) is 3. The maximum absolute atomic E-state index is 11.5. The predicted molar refractivity (Wildman–Crippen MR) is 72.4 cm³/mol. The summed E-state index contributed by atoms with van der Waals surface area (Å²) in [4.78, 5) is 0. The Bertz CT molecular complexity index is 410. The van der Waals surface area contributed by atoms with Crippen LogP contribution < -0.4 is 0 Å². The van der Waals surface area contributed by atoms with E-state index in [1.54, 1.807) is 6.66 Å². The largest absolute Gasteiger partial charge is 0.332 e. The molecule has 5 nitrogen and oxygen atoms in total. The predicted octanol–water partition coefficient (Wildman–Crippen LogP) is 2.08. The van der Waals surface area contributed by atoms with Crippen LogP contribution in [0.1, 0.15) is 25.7 Å². The van der Waals surface area contributed by atoms with Crippen LogP contribution in [0.15, 0.2) is 0 Å². The van der Waals surface area contributed by atoms with Crippen LogP contribution in [0.2, 0.25) is 0 Å². The molecule has 18 heavy (non-hydrogen) atoms. The Morgan fingerprint density at radius 1 is 1.22 bits per heavy atom. The third kappa shape index (κ3) is 9.67. The first kappa shape index (κ1) is 17.7. The molecule has 0 N–H and O–H groups in total. The van der Waals surface area contributed by atoms with E-state index in [0.717, 1.165) is 19.3 Å². The fourth-order valence-electron chi connectivity index (χ4n) is 1.31. The van der Waals surface area contributed by atoms with E-state index in [-0.39, 0.29) is 12.4 Å². The Morgan fingerprint density at radius 2 is 1.83 bits per heavy atom. The number of hydrogen-bond donors (Lipinski definition) is 0. The minimum absolute atomic E-state index is 0.0251. The average molecular weight is 296 g/mol. The molecule has 0 radical (unpaired) electrons. The molecule has 1 unspecified atom stereocenters. The maximum Gasteiger partial charge on any atom is 0.268 e. The van der Waals surface area contributed by atoms with Crippen molar-refractivity contribution in [2.45, 2.75) is 25.7 Å². The van der Waals surface area contributed by atoms with Crippen LogP contribution in [0.3, 0.4) is 0 Å². The smallest absolute Gasteiger partial charge is 0.268 e. The molecule has 0 aliphatic carbocycles. The Morgan fingerprint density at radius 3 is 2.39 bits per heavy atom. The molecule has 0 aromatic rings. The third-order valence-corrected chi connectivity index (χ3v) is 5.58. The topological polar surface area (TPSA) is 69.7 Å². The minimum atomic E-state index is -3.49. The van der Waals surface area contributed by atoms with Crippen molar-refractivity contribution in [1.82, 2.24) is 0 Å². The van der Waals surface area contributed by atoms with Crippen molar-refractivity contribution in [2.24, 2.45) is 0 Å². The fourth-order valence-corrected chi connectivity index (χ4v) is 3.21. The molecule has 0 bridgehead atoms. The highest BCUT2D eigenvalue weighted by Gasteiger charge is 2.13. The molecule has 0 aliphatic rings. The molecular weight excluding hydrogens is 275 g/mol. The standard InChI is InChI=1S/C11H21O5PS/c1-4-9-16-18(13,14)11-8-6-5-7-10-17(3,12)15-2/h1H,5-11H2,2-3H3. The van der Waals surface area contributed by atoms with E-state index in [1.807, 2.05) is 0 Å². The van der Waals surface area contributed by atoms with Gasteiger partial charge in [0.25, 0.3) is 10.1 Å². The number of hydrogen-bond acceptors (Lipinski definition) is 5. The van der Waals surface area contributed by atoms with Crippen molar-refractivity contribution in [3.8, 4) is 12.3 Å². The van der Waals surface area contributed by atoms with Crippen LogP contribution in [0.5, 0.6) is 0 Å². The van der Waals surface area contributed by atoms with Gasteiger partial charge in [-0.2, -0.15) is 8.42 Å². The van der Waals surface area contributed by atoms with Gasteiger partial charge in [0, 0.05) is 19.9 Å². The summed E-state index contributed by atoms with van der Waals surface area (Å²) in [6.07, 6.45) is 8.31. The van der Waals surface area contributed by atoms with E-state index >= 15 is 0 Å². The van der Waals surface area contributed by atoms with E-state index < -0.39 is 17.5 Å². The molecule has 0 amide bonds. The highest BCUT2D eigenvalue weighted by atomic mass is 32.2. The van der Waals surface area contributed by atoms with E-state index in [2.05, 4.69) is 10.1 Å². The summed E-state index contributed by atoms with van der Waals surface area (Å²) in [6.45, 7) is 1.39. The average Bonchev–Trinajstić information content (AvgIpc) is 2.31. The lowest BCUT2D eigenvalue weighted by Gasteiger charge is -2.09. The molecule has 0 aromatic heterocycles. The SMILES string of the molecule is C#CCOS(=O)(=O)CCCCCCP(C)(=O)OC. The van der Waals surface area contributed by atoms with Crippen molar-refractivity contribution in [3.63, 3.8) is 0 Å². The highest BCUT2D eigenvalue weighted by molar-refractivity contribution is 7.86. The zero-order valence-corrected chi connectivity index (χ0v) is 12.6. The van der Waals surface area contributed by atoms with Crippen LogP contribution in [-0.4, -0.2) is 40.7 Å². The van der Waals surface area contributed by atoms with E-state index in [9.17, 15) is 13.0 Å². The van der Waals surface area contributed by atoms with Gasteiger partial charge in [-0.15, -0.1) is 6.42 Å². The zero-order chi connectivity index (χ0) is 14.1. The monoisotopic (exact) mass is 296 g/mol. The molecular formula is C11H21O5PS. The quantitative estimate of drug-likeness (QED) is 0.267. The molecule has 0 spiro atoms. The highest BCUT2D eigenvalue weighted by Crippen LogP contribution is 2.42. The second kappa shape index (κ2) is 8.71. The van der Waals surface area contributed by atoms with Crippen molar-refractivity contribution < 1.29 is 21.7 Å². The molecule has 0 saturated heterocycles.